The van der Waals surface area contributed by atoms with Gasteiger partial charge in [0.1, 0.15) is 31.5 Å². The Morgan fingerprint density at radius 1 is 0.893 bits per heavy atom. The number of hydrogen-bond acceptors (Lipinski definition) is 8. The monoisotopic (exact) mass is 388 g/mol. The van der Waals surface area contributed by atoms with Gasteiger partial charge in [-0.3, -0.25) is 0 Å². The molecule has 2 aromatic rings. The molecule has 4 atom stereocenters. The van der Waals surface area contributed by atoms with E-state index in [2.05, 4.69) is 0 Å². The van der Waals surface area contributed by atoms with Crippen LogP contribution in [-0.4, -0.2) is 64.6 Å². The Morgan fingerprint density at radius 2 is 1.39 bits per heavy atom. The van der Waals surface area contributed by atoms with E-state index < -0.39 is 49.3 Å². The molecule has 0 spiro atoms. The van der Waals surface area contributed by atoms with Crippen LogP contribution in [0.4, 0.5) is 0 Å². The number of carbonyl (C=O) groups is 2. The van der Waals surface area contributed by atoms with Crippen LogP contribution in [0.5, 0.6) is 0 Å². The molecule has 0 amide bonds. The van der Waals surface area contributed by atoms with Crippen LogP contribution in [0.2, 0.25) is 0 Å². The van der Waals surface area contributed by atoms with Crippen molar-refractivity contribution in [2.24, 2.45) is 0 Å². The average molecular weight is 388 g/mol. The molecule has 28 heavy (non-hydrogen) atoms. The number of carbonyl (C=O) groups excluding carboxylic acids is 2. The fraction of sp³-hybridized carbons (Fsp3) is 0.300. The van der Waals surface area contributed by atoms with Gasteiger partial charge < -0.3 is 29.5 Å². The molecule has 0 unspecified atom stereocenters. The molecule has 1 saturated heterocycles. The Bertz CT molecular complexity index is 809. The van der Waals surface area contributed by atoms with Crippen molar-refractivity contribution in [1.29, 1.82) is 0 Å². The predicted molar refractivity (Wildman–Crippen MR) is 95.3 cm³/mol. The van der Waals surface area contributed by atoms with E-state index in [1.54, 1.807) is 48.5 Å². The van der Waals surface area contributed by atoms with Gasteiger partial charge in [-0.25, -0.2) is 9.59 Å². The zero-order valence-electron chi connectivity index (χ0n) is 14.8. The fourth-order valence-corrected chi connectivity index (χ4v) is 2.77. The van der Waals surface area contributed by atoms with E-state index in [0.29, 0.717) is 5.56 Å². The van der Waals surface area contributed by atoms with Crippen molar-refractivity contribution in [2.75, 3.05) is 13.2 Å². The molecule has 1 fully saturated rings. The summed E-state index contributed by atoms with van der Waals surface area (Å²) in [5, 5.41) is 30.6. The molecule has 3 rings (SSSR count). The van der Waals surface area contributed by atoms with Crippen LogP contribution < -0.4 is 0 Å². The van der Waals surface area contributed by atoms with Crippen molar-refractivity contribution in [1.82, 2.24) is 0 Å². The topological polar surface area (TPSA) is 123 Å². The van der Waals surface area contributed by atoms with E-state index in [-0.39, 0.29) is 5.56 Å². The van der Waals surface area contributed by atoms with Crippen LogP contribution in [0, 0.1) is 0 Å². The number of benzene rings is 2. The molecule has 0 aliphatic carbocycles. The molecule has 0 aromatic heterocycles. The molecule has 3 N–H and O–H groups in total. The third-order valence-corrected chi connectivity index (χ3v) is 4.33. The maximum absolute atomic E-state index is 12.0. The average Bonchev–Trinajstić information content (AvgIpc) is 2.95. The Labute approximate surface area is 160 Å². The van der Waals surface area contributed by atoms with Crippen molar-refractivity contribution in [3.8, 4) is 0 Å². The van der Waals surface area contributed by atoms with E-state index in [4.69, 9.17) is 14.2 Å². The minimum Gasteiger partial charge on any atom is -0.459 e. The molecule has 0 bridgehead atoms. The van der Waals surface area contributed by atoms with Gasteiger partial charge in [-0.15, -0.1) is 0 Å². The lowest BCUT2D eigenvalue weighted by Crippen LogP contribution is -2.47. The summed E-state index contributed by atoms with van der Waals surface area (Å²) >= 11 is 0. The van der Waals surface area contributed by atoms with Crippen LogP contribution in [0.25, 0.3) is 0 Å². The lowest BCUT2D eigenvalue weighted by molar-refractivity contribution is -0.247. The Balaban J connectivity index is 1.56. The van der Waals surface area contributed by atoms with Crippen LogP contribution >= 0.6 is 0 Å². The van der Waals surface area contributed by atoms with Gasteiger partial charge in [0.15, 0.2) is 0 Å². The summed E-state index contributed by atoms with van der Waals surface area (Å²) in [5.41, 5.74) is 0.565. The van der Waals surface area contributed by atoms with E-state index in [1.807, 2.05) is 0 Å². The van der Waals surface area contributed by atoms with Gasteiger partial charge in [0, 0.05) is 0 Å². The van der Waals surface area contributed by atoms with Crippen molar-refractivity contribution in [3.05, 3.63) is 71.8 Å². The molecule has 8 heteroatoms. The molecular weight excluding hydrogens is 368 g/mol. The molecule has 1 heterocycles. The Morgan fingerprint density at radius 3 is 1.93 bits per heavy atom. The number of rotatable bonds is 6. The lowest BCUT2D eigenvalue weighted by atomic mass is 10.1. The second-order valence-corrected chi connectivity index (χ2v) is 6.34. The summed E-state index contributed by atoms with van der Waals surface area (Å²) in [6.07, 6.45) is -4.48. The van der Waals surface area contributed by atoms with Crippen LogP contribution in [0.3, 0.4) is 0 Å². The molecule has 1 aliphatic heterocycles. The quantitative estimate of drug-likeness (QED) is 0.612. The zero-order chi connectivity index (χ0) is 20.1. The second-order valence-electron chi connectivity index (χ2n) is 6.34. The van der Waals surface area contributed by atoms with Crippen molar-refractivity contribution >= 4 is 11.9 Å². The number of aliphatic hydroxyl groups excluding tert-OH is 2. The fourth-order valence-electron chi connectivity index (χ4n) is 2.77. The highest BCUT2D eigenvalue weighted by atomic mass is 16.7. The van der Waals surface area contributed by atoms with Crippen LogP contribution in [0.1, 0.15) is 20.7 Å². The number of hydrogen-bond donors (Lipinski definition) is 3. The molecule has 2 aromatic carbocycles. The first-order valence-electron chi connectivity index (χ1n) is 8.61. The molecule has 0 radical (unpaired) electrons. The molecule has 1 aliphatic rings. The zero-order valence-corrected chi connectivity index (χ0v) is 14.8. The number of ether oxygens (including phenoxy) is 3. The molecular formula is C20H20O8. The SMILES string of the molecule is O=C(OC[C@H]1O[C@@](O)(COC(=O)c2ccccc2)[C@@H](O)[C@@H]1O)c1ccccc1. The van der Waals surface area contributed by atoms with Gasteiger partial charge >= 0.3 is 11.9 Å². The van der Waals surface area contributed by atoms with Gasteiger partial charge in [-0.2, -0.15) is 0 Å². The summed E-state index contributed by atoms with van der Waals surface area (Å²) in [6.45, 7) is -1.11. The Hall–Kier alpha value is -2.78. The molecule has 0 saturated carbocycles. The second kappa shape index (κ2) is 8.49. The summed E-state index contributed by atoms with van der Waals surface area (Å²) in [7, 11) is 0. The summed E-state index contributed by atoms with van der Waals surface area (Å²) < 4.78 is 15.3. The van der Waals surface area contributed by atoms with Gasteiger partial charge in [-0.1, -0.05) is 36.4 Å². The minimum atomic E-state index is -2.33. The van der Waals surface area contributed by atoms with Crippen molar-refractivity contribution in [2.45, 2.75) is 24.1 Å². The predicted octanol–water partition coefficient (Wildman–Crippen LogP) is 0.510. The standard InChI is InChI=1S/C20H20O8/c21-16-15(11-26-18(23)13-7-3-1-4-8-13)28-20(25,17(16)22)12-27-19(24)14-9-5-2-6-10-14/h1-10,15-17,21-22,25H,11-12H2/t15-,16-,17+,20+/m1/s1. The Kier molecular flexibility index (Phi) is 6.05. The minimum absolute atomic E-state index is 0.257. The van der Waals surface area contributed by atoms with Gasteiger partial charge in [-0.05, 0) is 24.3 Å². The van der Waals surface area contributed by atoms with Crippen LogP contribution in [0.15, 0.2) is 60.7 Å². The highest BCUT2D eigenvalue weighted by Crippen LogP contribution is 2.30. The first-order chi connectivity index (χ1) is 13.4. The molecule has 8 nitrogen and oxygen atoms in total. The highest BCUT2D eigenvalue weighted by Gasteiger charge is 2.54. The van der Waals surface area contributed by atoms with Gasteiger partial charge in [0.25, 0.3) is 0 Å². The number of esters is 2. The van der Waals surface area contributed by atoms with E-state index in [1.165, 1.54) is 12.1 Å². The maximum atomic E-state index is 12.0. The van der Waals surface area contributed by atoms with Gasteiger partial charge in [0.2, 0.25) is 5.79 Å². The smallest absolute Gasteiger partial charge is 0.338 e. The largest absolute Gasteiger partial charge is 0.459 e. The van der Waals surface area contributed by atoms with E-state index in [0.717, 1.165) is 0 Å². The first-order valence-corrected chi connectivity index (χ1v) is 8.61. The third kappa shape index (κ3) is 4.37. The number of aliphatic hydroxyl groups is 3. The van der Waals surface area contributed by atoms with Crippen molar-refractivity contribution in [3.63, 3.8) is 0 Å². The van der Waals surface area contributed by atoms with Gasteiger partial charge in [0.05, 0.1) is 11.1 Å². The summed E-state index contributed by atoms with van der Waals surface area (Å²) in [5.74, 6) is -3.69. The van der Waals surface area contributed by atoms with Crippen molar-refractivity contribution < 1.29 is 39.1 Å². The summed E-state index contributed by atoms with van der Waals surface area (Å²) in [6, 6.07) is 16.3. The van der Waals surface area contributed by atoms with E-state index in [9.17, 15) is 24.9 Å². The molecule has 148 valence electrons. The normalized spacial score (nSPS) is 26.6. The maximum Gasteiger partial charge on any atom is 0.338 e. The first kappa shape index (κ1) is 20.0. The highest BCUT2D eigenvalue weighted by molar-refractivity contribution is 5.89. The third-order valence-electron chi connectivity index (χ3n) is 4.33. The summed E-state index contributed by atoms with van der Waals surface area (Å²) in [4.78, 5) is 24.0. The van der Waals surface area contributed by atoms with Crippen LogP contribution in [-0.2, 0) is 14.2 Å². The van der Waals surface area contributed by atoms with E-state index >= 15 is 0 Å². The lowest BCUT2D eigenvalue weighted by Gasteiger charge is -2.25.